The summed E-state index contributed by atoms with van der Waals surface area (Å²) < 4.78 is 5.20. The van der Waals surface area contributed by atoms with Crippen LogP contribution in [0.5, 0.6) is 5.75 Å². The van der Waals surface area contributed by atoms with Crippen molar-refractivity contribution in [1.82, 2.24) is 9.80 Å². The van der Waals surface area contributed by atoms with Crippen molar-refractivity contribution >= 4 is 0 Å². The highest BCUT2D eigenvalue weighted by Crippen LogP contribution is 2.22. The fourth-order valence-corrected chi connectivity index (χ4v) is 3.07. The summed E-state index contributed by atoms with van der Waals surface area (Å²) in [6.45, 7) is 6.96. The summed E-state index contributed by atoms with van der Waals surface area (Å²) >= 11 is 0. The predicted molar refractivity (Wildman–Crippen MR) is 90.3 cm³/mol. The molecule has 1 heterocycles. The molecule has 22 heavy (non-hydrogen) atoms. The molecule has 1 atom stereocenters. The highest BCUT2D eigenvalue weighted by atomic mass is 16.5. The summed E-state index contributed by atoms with van der Waals surface area (Å²) in [6, 6.07) is 8.04. The van der Waals surface area contributed by atoms with Crippen molar-refractivity contribution in [3.8, 4) is 5.75 Å². The van der Waals surface area contributed by atoms with Gasteiger partial charge >= 0.3 is 0 Å². The zero-order chi connectivity index (χ0) is 15.9. The molecule has 4 heteroatoms. The second kappa shape index (κ2) is 8.51. The molecule has 0 bridgehead atoms. The van der Waals surface area contributed by atoms with E-state index in [9.17, 15) is 5.11 Å². The molecule has 0 aliphatic carbocycles. The lowest BCUT2D eigenvalue weighted by Gasteiger charge is -2.33. The fourth-order valence-electron chi connectivity index (χ4n) is 3.07. The molecule has 0 radical (unpaired) electrons. The summed E-state index contributed by atoms with van der Waals surface area (Å²) in [6.07, 6.45) is 2.62. The van der Waals surface area contributed by atoms with Gasteiger partial charge in [-0.05, 0) is 56.6 Å². The Kier molecular flexibility index (Phi) is 6.68. The van der Waals surface area contributed by atoms with Gasteiger partial charge in [0.15, 0.2) is 0 Å². The zero-order valence-electron chi connectivity index (χ0n) is 14.2. The van der Waals surface area contributed by atoms with Crippen molar-refractivity contribution in [3.05, 3.63) is 29.8 Å². The van der Waals surface area contributed by atoms with E-state index in [2.05, 4.69) is 23.8 Å². The Morgan fingerprint density at radius 2 is 1.91 bits per heavy atom. The molecule has 0 aromatic heterocycles. The molecule has 0 amide bonds. The molecule has 1 N–H and O–H groups in total. The van der Waals surface area contributed by atoms with Crippen LogP contribution in [0.2, 0.25) is 0 Å². The van der Waals surface area contributed by atoms with E-state index in [0.29, 0.717) is 0 Å². The van der Waals surface area contributed by atoms with E-state index in [-0.39, 0.29) is 12.6 Å². The van der Waals surface area contributed by atoms with Crippen LogP contribution >= 0.6 is 0 Å². The molecular weight excluding hydrogens is 276 g/mol. The Hall–Kier alpha value is -1.10. The number of hydrogen-bond donors (Lipinski definition) is 1. The molecule has 1 saturated heterocycles. The second-order valence-electron chi connectivity index (χ2n) is 6.48. The second-order valence-corrected chi connectivity index (χ2v) is 6.48. The van der Waals surface area contributed by atoms with Gasteiger partial charge in [0.1, 0.15) is 5.75 Å². The number of rotatable bonds is 7. The lowest BCUT2D eigenvalue weighted by molar-refractivity contribution is 0.119. The molecule has 1 aromatic rings. The normalized spacial score (nSPS) is 18.6. The third-order valence-electron chi connectivity index (χ3n) is 4.85. The number of likely N-dealkylation sites (tertiary alicyclic amines) is 1. The molecule has 0 saturated carbocycles. The van der Waals surface area contributed by atoms with Gasteiger partial charge in [0.25, 0.3) is 0 Å². The minimum Gasteiger partial charge on any atom is -0.497 e. The summed E-state index contributed by atoms with van der Waals surface area (Å²) in [4.78, 5) is 4.79. The summed E-state index contributed by atoms with van der Waals surface area (Å²) in [5.74, 6) is 1.73. The van der Waals surface area contributed by atoms with E-state index in [1.54, 1.807) is 7.11 Å². The van der Waals surface area contributed by atoms with Crippen LogP contribution in [0, 0.1) is 5.92 Å². The van der Waals surface area contributed by atoms with Crippen LogP contribution in [-0.2, 0) is 0 Å². The van der Waals surface area contributed by atoms with Gasteiger partial charge < -0.3 is 14.7 Å². The van der Waals surface area contributed by atoms with Crippen LogP contribution in [0.25, 0.3) is 0 Å². The van der Waals surface area contributed by atoms with Crippen molar-refractivity contribution in [2.45, 2.75) is 25.8 Å². The fraction of sp³-hybridized carbons (Fsp3) is 0.667. The molecule has 1 unspecified atom stereocenters. The average molecular weight is 306 g/mol. The first kappa shape index (κ1) is 17.3. The molecule has 1 aromatic carbocycles. The number of methoxy groups -OCH3 is 1. The smallest absolute Gasteiger partial charge is 0.118 e. The van der Waals surface area contributed by atoms with Crippen LogP contribution < -0.4 is 4.74 Å². The maximum absolute atomic E-state index is 9.76. The number of hydrogen-bond acceptors (Lipinski definition) is 4. The first-order valence-corrected chi connectivity index (χ1v) is 8.31. The molecule has 1 fully saturated rings. The molecule has 4 nitrogen and oxygen atoms in total. The minimum absolute atomic E-state index is 0.0506. The molecule has 0 spiro atoms. The first-order valence-electron chi connectivity index (χ1n) is 8.31. The molecule has 1 aliphatic rings. The molecule has 1 aliphatic heterocycles. The first-order chi connectivity index (χ1) is 10.6. The van der Waals surface area contributed by atoms with E-state index in [1.165, 1.54) is 25.9 Å². The van der Waals surface area contributed by atoms with Gasteiger partial charge in [-0.3, -0.25) is 4.90 Å². The van der Waals surface area contributed by atoms with Gasteiger partial charge in [-0.1, -0.05) is 19.1 Å². The summed E-state index contributed by atoms with van der Waals surface area (Å²) in [5, 5.41) is 9.76. The van der Waals surface area contributed by atoms with Crippen molar-refractivity contribution < 1.29 is 9.84 Å². The quantitative estimate of drug-likeness (QED) is 0.839. The SMILES string of the molecule is COc1ccc(C(CO)N(C)CCN2CCC(C)CC2)cc1. The Bertz CT molecular complexity index is 427. The van der Waals surface area contributed by atoms with Gasteiger partial charge in [0, 0.05) is 13.1 Å². The highest BCUT2D eigenvalue weighted by molar-refractivity contribution is 5.29. The topological polar surface area (TPSA) is 35.9 Å². The maximum atomic E-state index is 9.76. The highest BCUT2D eigenvalue weighted by Gasteiger charge is 2.19. The van der Waals surface area contributed by atoms with E-state index in [4.69, 9.17) is 4.74 Å². The number of aliphatic hydroxyl groups is 1. The van der Waals surface area contributed by atoms with E-state index < -0.39 is 0 Å². The van der Waals surface area contributed by atoms with Crippen molar-refractivity contribution in [1.29, 1.82) is 0 Å². The van der Waals surface area contributed by atoms with Crippen molar-refractivity contribution in [3.63, 3.8) is 0 Å². The van der Waals surface area contributed by atoms with Crippen molar-refractivity contribution in [2.24, 2.45) is 5.92 Å². The van der Waals surface area contributed by atoms with Gasteiger partial charge in [-0.15, -0.1) is 0 Å². The van der Waals surface area contributed by atoms with Crippen molar-refractivity contribution in [2.75, 3.05) is 46.9 Å². The predicted octanol–water partition coefficient (Wildman–Crippen LogP) is 2.39. The standard InChI is InChI=1S/C18H30N2O2/c1-15-8-10-20(11-9-15)13-12-19(2)18(14-21)16-4-6-17(22-3)7-5-16/h4-7,15,18,21H,8-14H2,1-3H3. The summed E-state index contributed by atoms with van der Waals surface area (Å²) in [7, 11) is 3.77. The third-order valence-corrected chi connectivity index (χ3v) is 4.85. The van der Waals surface area contributed by atoms with Crippen LogP contribution in [0.4, 0.5) is 0 Å². The number of benzene rings is 1. The van der Waals surface area contributed by atoms with Crippen LogP contribution in [0.15, 0.2) is 24.3 Å². The number of piperidine rings is 1. The Labute approximate surface area is 134 Å². The lowest BCUT2D eigenvalue weighted by atomic mass is 9.99. The Balaban J connectivity index is 1.86. The minimum atomic E-state index is 0.0506. The Morgan fingerprint density at radius 1 is 1.27 bits per heavy atom. The van der Waals surface area contributed by atoms with E-state index >= 15 is 0 Å². The Morgan fingerprint density at radius 3 is 2.45 bits per heavy atom. The average Bonchev–Trinajstić information content (AvgIpc) is 2.55. The number of nitrogens with zero attached hydrogens (tertiary/aromatic N) is 2. The maximum Gasteiger partial charge on any atom is 0.118 e. The largest absolute Gasteiger partial charge is 0.497 e. The molecule has 2 rings (SSSR count). The number of aliphatic hydroxyl groups excluding tert-OH is 1. The number of ether oxygens (including phenoxy) is 1. The van der Waals surface area contributed by atoms with Gasteiger partial charge in [0.2, 0.25) is 0 Å². The van der Waals surface area contributed by atoms with Gasteiger partial charge in [0.05, 0.1) is 19.8 Å². The van der Waals surface area contributed by atoms with Gasteiger partial charge in [-0.2, -0.15) is 0 Å². The monoisotopic (exact) mass is 306 g/mol. The number of likely N-dealkylation sites (N-methyl/N-ethyl adjacent to an activating group) is 1. The van der Waals surface area contributed by atoms with E-state index in [0.717, 1.165) is 30.3 Å². The lowest BCUT2D eigenvalue weighted by Crippen LogP contribution is -2.39. The van der Waals surface area contributed by atoms with Crippen LogP contribution in [0.3, 0.4) is 0 Å². The molecule has 124 valence electrons. The zero-order valence-corrected chi connectivity index (χ0v) is 14.2. The van der Waals surface area contributed by atoms with Crippen LogP contribution in [-0.4, -0.2) is 61.8 Å². The van der Waals surface area contributed by atoms with Gasteiger partial charge in [-0.25, -0.2) is 0 Å². The van der Waals surface area contributed by atoms with E-state index in [1.807, 2.05) is 24.3 Å². The van der Waals surface area contributed by atoms with Crippen LogP contribution in [0.1, 0.15) is 31.4 Å². The third kappa shape index (κ3) is 4.70. The molecular formula is C18H30N2O2. The summed E-state index contributed by atoms with van der Waals surface area (Å²) in [5.41, 5.74) is 1.14.